The van der Waals surface area contributed by atoms with Crippen molar-refractivity contribution in [1.29, 1.82) is 0 Å². The van der Waals surface area contributed by atoms with Crippen LogP contribution in [0.3, 0.4) is 0 Å². The van der Waals surface area contributed by atoms with Crippen molar-refractivity contribution < 1.29 is 5.11 Å². The molecule has 0 aliphatic rings. The summed E-state index contributed by atoms with van der Waals surface area (Å²) in [6.45, 7) is 0.111. The van der Waals surface area contributed by atoms with Gasteiger partial charge in [-0.25, -0.2) is 0 Å². The predicted molar refractivity (Wildman–Crippen MR) is 79.6 cm³/mol. The second kappa shape index (κ2) is 6.45. The third kappa shape index (κ3) is 3.40. The largest absolute Gasteiger partial charge is 0.396 e. The number of halogens is 2. The minimum atomic E-state index is 0.0641. The Morgan fingerprint density at radius 2 is 1.89 bits per heavy atom. The first-order valence-electron chi connectivity index (χ1n) is 5.66. The van der Waals surface area contributed by atoms with E-state index in [4.69, 9.17) is 0 Å². The molecule has 18 heavy (non-hydrogen) atoms. The number of benzene rings is 1. The van der Waals surface area contributed by atoms with Crippen LogP contribution in [0.5, 0.6) is 0 Å². The lowest BCUT2D eigenvalue weighted by molar-refractivity contribution is 0.263. The number of hydrogen-bond acceptors (Lipinski definition) is 2. The summed E-state index contributed by atoms with van der Waals surface area (Å²) in [4.78, 5) is 4.35. The van der Waals surface area contributed by atoms with E-state index in [2.05, 4.69) is 36.8 Å². The van der Waals surface area contributed by atoms with Gasteiger partial charge in [-0.2, -0.15) is 0 Å². The van der Waals surface area contributed by atoms with Gasteiger partial charge in [0.05, 0.1) is 6.61 Å². The summed E-state index contributed by atoms with van der Waals surface area (Å²) in [5.74, 6) is 0.0641. The Bertz CT molecular complexity index is 513. The summed E-state index contributed by atoms with van der Waals surface area (Å²) in [5.41, 5.74) is 2.10. The molecule has 4 heteroatoms. The van der Waals surface area contributed by atoms with E-state index in [1.165, 1.54) is 0 Å². The van der Waals surface area contributed by atoms with Crippen LogP contribution >= 0.6 is 31.9 Å². The standard InChI is InChI=1S/C14H13Br2NO/c15-11-5-6-12(17-8-11)7-10(9-18)13-3-1-2-4-14(13)16/h1-6,8,10,18H,7,9H2. The fraction of sp³-hybridized carbons (Fsp3) is 0.214. The molecule has 2 rings (SSSR count). The number of pyridine rings is 1. The molecule has 0 fully saturated rings. The topological polar surface area (TPSA) is 33.1 Å². The first-order valence-corrected chi connectivity index (χ1v) is 7.25. The maximum absolute atomic E-state index is 9.56. The van der Waals surface area contributed by atoms with Crippen molar-refractivity contribution in [2.24, 2.45) is 0 Å². The van der Waals surface area contributed by atoms with Crippen LogP contribution < -0.4 is 0 Å². The normalized spacial score (nSPS) is 12.4. The number of aromatic nitrogens is 1. The van der Waals surface area contributed by atoms with Crippen molar-refractivity contribution in [1.82, 2.24) is 4.98 Å². The molecule has 2 nitrogen and oxygen atoms in total. The summed E-state index contributed by atoms with van der Waals surface area (Å²) in [6.07, 6.45) is 2.51. The average molecular weight is 371 g/mol. The monoisotopic (exact) mass is 369 g/mol. The molecule has 1 aromatic carbocycles. The van der Waals surface area contributed by atoms with Crippen molar-refractivity contribution in [3.63, 3.8) is 0 Å². The zero-order valence-electron chi connectivity index (χ0n) is 9.68. The highest BCUT2D eigenvalue weighted by atomic mass is 79.9. The molecule has 0 bridgehead atoms. The molecule has 1 unspecified atom stereocenters. The Labute approximate surface area is 123 Å². The first kappa shape index (κ1) is 13.7. The summed E-state index contributed by atoms with van der Waals surface area (Å²) < 4.78 is 1.99. The van der Waals surface area contributed by atoms with Crippen LogP contribution in [0.25, 0.3) is 0 Å². The SMILES string of the molecule is OCC(Cc1ccc(Br)cn1)c1ccccc1Br. The van der Waals surface area contributed by atoms with Gasteiger partial charge in [-0.15, -0.1) is 0 Å². The van der Waals surface area contributed by atoms with E-state index in [1.807, 2.05) is 36.4 Å². The van der Waals surface area contributed by atoms with E-state index in [0.29, 0.717) is 0 Å². The van der Waals surface area contributed by atoms with Crippen molar-refractivity contribution in [2.45, 2.75) is 12.3 Å². The lowest BCUT2D eigenvalue weighted by Crippen LogP contribution is -2.09. The molecular weight excluding hydrogens is 358 g/mol. The van der Waals surface area contributed by atoms with Gasteiger partial charge >= 0.3 is 0 Å². The second-order valence-corrected chi connectivity index (χ2v) is 5.84. The van der Waals surface area contributed by atoms with Gasteiger partial charge in [0.2, 0.25) is 0 Å². The van der Waals surface area contributed by atoms with Gasteiger partial charge in [-0.3, -0.25) is 4.98 Å². The predicted octanol–water partition coefficient (Wildman–Crippen LogP) is 3.93. The molecule has 0 spiro atoms. The van der Waals surface area contributed by atoms with E-state index in [9.17, 15) is 5.11 Å². The van der Waals surface area contributed by atoms with Crippen LogP contribution in [0.15, 0.2) is 51.5 Å². The van der Waals surface area contributed by atoms with E-state index in [-0.39, 0.29) is 12.5 Å². The summed E-state index contributed by atoms with van der Waals surface area (Å²) >= 11 is 6.89. The molecule has 2 aromatic rings. The molecule has 94 valence electrons. The van der Waals surface area contributed by atoms with Crippen LogP contribution in [0, 0.1) is 0 Å². The molecule has 0 aliphatic carbocycles. The first-order chi connectivity index (χ1) is 8.70. The number of aliphatic hydroxyl groups is 1. The van der Waals surface area contributed by atoms with Gasteiger partial charge in [-0.1, -0.05) is 34.1 Å². The van der Waals surface area contributed by atoms with Gasteiger partial charge in [0.25, 0.3) is 0 Å². The number of rotatable bonds is 4. The maximum atomic E-state index is 9.56. The average Bonchev–Trinajstić information content (AvgIpc) is 2.39. The van der Waals surface area contributed by atoms with Crippen LogP contribution in [0.2, 0.25) is 0 Å². The van der Waals surface area contributed by atoms with Crippen molar-refractivity contribution in [3.05, 3.63) is 62.8 Å². The zero-order valence-corrected chi connectivity index (χ0v) is 12.9. The molecule has 1 heterocycles. The molecule has 0 radical (unpaired) electrons. The Morgan fingerprint density at radius 3 is 2.50 bits per heavy atom. The van der Waals surface area contributed by atoms with Crippen molar-refractivity contribution in [3.8, 4) is 0 Å². The molecule has 1 N–H and O–H groups in total. The van der Waals surface area contributed by atoms with E-state index >= 15 is 0 Å². The van der Waals surface area contributed by atoms with Gasteiger partial charge < -0.3 is 5.11 Å². The smallest absolute Gasteiger partial charge is 0.0503 e. The van der Waals surface area contributed by atoms with Crippen LogP contribution in [0.4, 0.5) is 0 Å². The van der Waals surface area contributed by atoms with Gasteiger partial charge in [0.1, 0.15) is 0 Å². The van der Waals surface area contributed by atoms with Crippen molar-refractivity contribution >= 4 is 31.9 Å². The van der Waals surface area contributed by atoms with Gasteiger partial charge in [0.15, 0.2) is 0 Å². The Morgan fingerprint density at radius 1 is 1.11 bits per heavy atom. The quantitative estimate of drug-likeness (QED) is 0.884. The lowest BCUT2D eigenvalue weighted by Gasteiger charge is -2.15. The zero-order chi connectivity index (χ0) is 13.0. The Hall–Kier alpha value is -0.710. The van der Waals surface area contributed by atoms with Crippen molar-refractivity contribution in [2.75, 3.05) is 6.61 Å². The Kier molecular flexibility index (Phi) is 4.92. The molecule has 1 atom stereocenters. The highest BCUT2D eigenvalue weighted by molar-refractivity contribution is 9.10. The maximum Gasteiger partial charge on any atom is 0.0503 e. The molecule has 0 saturated heterocycles. The molecule has 0 aliphatic heterocycles. The van der Waals surface area contributed by atoms with E-state index < -0.39 is 0 Å². The molecule has 0 saturated carbocycles. The van der Waals surface area contributed by atoms with Crippen LogP contribution in [-0.2, 0) is 6.42 Å². The van der Waals surface area contributed by atoms with E-state index in [0.717, 1.165) is 26.6 Å². The second-order valence-electron chi connectivity index (χ2n) is 4.07. The lowest BCUT2D eigenvalue weighted by atomic mass is 9.95. The summed E-state index contributed by atoms with van der Waals surface area (Å²) in [5, 5.41) is 9.56. The molecular formula is C14H13Br2NO. The summed E-state index contributed by atoms with van der Waals surface area (Å²) in [7, 11) is 0. The number of aliphatic hydroxyl groups excluding tert-OH is 1. The van der Waals surface area contributed by atoms with Gasteiger partial charge in [0, 0.05) is 26.8 Å². The van der Waals surface area contributed by atoms with Crippen LogP contribution in [0.1, 0.15) is 17.2 Å². The summed E-state index contributed by atoms with van der Waals surface area (Å²) in [6, 6.07) is 11.9. The molecule has 0 amide bonds. The molecule has 1 aromatic heterocycles. The fourth-order valence-corrected chi connectivity index (χ4v) is 2.70. The van der Waals surface area contributed by atoms with Gasteiger partial charge in [-0.05, 0) is 46.1 Å². The fourth-order valence-electron chi connectivity index (χ4n) is 1.86. The third-order valence-corrected chi connectivity index (χ3v) is 4.00. The highest BCUT2D eigenvalue weighted by Crippen LogP contribution is 2.27. The minimum absolute atomic E-state index is 0.0641. The number of hydrogen-bond donors (Lipinski definition) is 1. The Balaban J connectivity index is 2.20. The third-order valence-electron chi connectivity index (χ3n) is 2.81. The van der Waals surface area contributed by atoms with Crippen LogP contribution in [-0.4, -0.2) is 16.7 Å². The highest BCUT2D eigenvalue weighted by Gasteiger charge is 2.14. The minimum Gasteiger partial charge on any atom is -0.396 e. The number of nitrogens with zero attached hydrogens (tertiary/aromatic N) is 1. The van der Waals surface area contributed by atoms with E-state index in [1.54, 1.807) is 6.20 Å².